The summed E-state index contributed by atoms with van der Waals surface area (Å²) in [5, 5.41) is 23.9. The molecule has 3 aromatic heterocycles. The highest BCUT2D eigenvalue weighted by Crippen LogP contribution is 2.32. The van der Waals surface area contributed by atoms with Crippen molar-refractivity contribution in [1.29, 1.82) is 5.26 Å². The lowest BCUT2D eigenvalue weighted by Crippen LogP contribution is -2.54. The number of fused-ring (bicyclic) bond motifs is 1. The van der Waals surface area contributed by atoms with E-state index < -0.39 is 11.4 Å². The quantitative estimate of drug-likeness (QED) is 0.388. The Morgan fingerprint density at radius 1 is 1.22 bits per heavy atom. The number of benzene rings is 1. The van der Waals surface area contributed by atoms with E-state index in [-0.39, 0.29) is 18.5 Å². The predicted octanol–water partition coefficient (Wildman–Crippen LogP) is 3.81. The largest absolute Gasteiger partial charge is 0.489 e. The number of aliphatic hydroxyl groups is 1. The van der Waals surface area contributed by atoms with Crippen molar-refractivity contribution in [2.75, 3.05) is 24.6 Å². The van der Waals surface area contributed by atoms with Gasteiger partial charge in [-0.1, -0.05) is 5.92 Å². The first-order valence-corrected chi connectivity index (χ1v) is 11.6. The Bertz CT molecular complexity index is 1540. The molecule has 4 aromatic rings. The average molecular weight is 498 g/mol. The van der Waals surface area contributed by atoms with Crippen LogP contribution < -0.4 is 14.4 Å². The summed E-state index contributed by atoms with van der Waals surface area (Å²) in [6.07, 6.45) is 10.0. The van der Waals surface area contributed by atoms with Crippen molar-refractivity contribution >= 4 is 11.3 Å². The maximum atomic E-state index is 14.2. The van der Waals surface area contributed by atoms with Gasteiger partial charge in [-0.25, -0.2) is 13.9 Å². The van der Waals surface area contributed by atoms with Gasteiger partial charge in [-0.3, -0.25) is 0 Å². The Kier molecular flexibility index (Phi) is 6.16. The summed E-state index contributed by atoms with van der Waals surface area (Å²) in [7, 11) is 0. The third kappa shape index (κ3) is 5.04. The highest BCUT2D eigenvalue weighted by molar-refractivity contribution is 5.85. The molecule has 1 aromatic carbocycles. The van der Waals surface area contributed by atoms with Crippen LogP contribution in [0.1, 0.15) is 25.0 Å². The van der Waals surface area contributed by atoms with Gasteiger partial charge in [0, 0.05) is 22.9 Å². The van der Waals surface area contributed by atoms with Crippen LogP contribution in [0, 0.1) is 29.5 Å². The van der Waals surface area contributed by atoms with Crippen molar-refractivity contribution < 1.29 is 19.0 Å². The van der Waals surface area contributed by atoms with Gasteiger partial charge in [-0.15, -0.1) is 6.42 Å². The van der Waals surface area contributed by atoms with E-state index in [9.17, 15) is 14.8 Å². The zero-order chi connectivity index (χ0) is 26.2. The lowest BCUT2D eigenvalue weighted by Gasteiger charge is -2.39. The molecule has 0 amide bonds. The van der Waals surface area contributed by atoms with Crippen LogP contribution in [0.15, 0.2) is 55.0 Å². The molecule has 0 bridgehead atoms. The number of nitrogens with zero attached hydrogens (tertiary/aromatic N) is 5. The average Bonchev–Trinajstić information content (AvgIpc) is 3.28. The SMILES string of the molecule is C#Cc1ccc(OC2CN(c3ccc(-c4cc(OCC(C)(C)O)cn5ncc(C#N)c45)cn3)C2)c(F)c1. The molecule has 9 heteroatoms. The van der Waals surface area contributed by atoms with E-state index >= 15 is 0 Å². The molecule has 1 aliphatic heterocycles. The van der Waals surface area contributed by atoms with Crippen molar-refractivity contribution in [3.63, 3.8) is 0 Å². The van der Waals surface area contributed by atoms with Crippen molar-refractivity contribution in [3.05, 3.63) is 71.9 Å². The van der Waals surface area contributed by atoms with Crippen LogP contribution in [-0.2, 0) is 0 Å². The van der Waals surface area contributed by atoms with E-state index in [4.69, 9.17) is 15.9 Å². The normalized spacial score (nSPS) is 13.6. The standard InChI is InChI=1S/C28H24FN5O3/c1-4-18-5-7-25(24(29)9-18)37-22-14-33(15-22)26-8-6-19(12-31-26)23-10-21(36-17-28(2,3)35)16-34-27(23)20(11-30)13-32-34/h1,5-10,12-13,16,22,35H,14-15,17H2,2-3H3. The molecule has 0 unspecified atom stereocenters. The number of hydrogen-bond donors (Lipinski definition) is 1. The second kappa shape index (κ2) is 9.45. The fourth-order valence-corrected chi connectivity index (χ4v) is 4.04. The Balaban J connectivity index is 1.33. The van der Waals surface area contributed by atoms with Gasteiger partial charge in [0.05, 0.1) is 42.2 Å². The molecule has 4 heterocycles. The molecule has 186 valence electrons. The zero-order valence-corrected chi connectivity index (χ0v) is 20.3. The molecule has 37 heavy (non-hydrogen) atoms. The van der Waals surface area contributed by atoms with Gasteiger partial charge >= 0.3 is 0 Å². The Hall–Kier alpha value is -4.60. The zero-order valence-electron chi connectivity index (χ0n) is 20.3. The molecule has 1 aliphatic rings. The molecule has 0 spiro atoms. The van der Waals surface area contributed by atoms with E-state index in [1.807, 2.05) is 23.1 Å². The Labute approximate surface area is 213 Å². The van der Waals surface area contributed by atoms with Gasteiger partial charge in [0.25, 0.3) is 0 Å². The van der Waals surface area contributed by atoms with Crippen molar-refractivity contribution in [2.45, 2.75) is 25.6 Å². The maximum Gasteiger partial charge on any atom is 0.166 e. The molecule has 0 aliphatic carbocycles. The van der Waals surface area contributed by atoms with E-state index in [2.05, 4.69) is 22.1 Å². The van der Waals surface area contributed by atoms with E-state index in [1.165, 1.54) is 12.3 Å². The number of pyridine rings is 2. The molecule has 5 rings (SSSR count). The topological polar surface area (TPSA) is 95.9 Å². The summed E-state index contributed by atoms with van der Waals surface area (Å²) < 4.78 is 27.3. The first-order valence-electron chi connectivity index (χ1n) is 11.6. The molecule has 0 radical (unpaired) electrons. The van der Waals surface area contributed by atoms with Crippen LogP contribution in [0.25, 0.3) is 16.6 Å². The van der Waals surface area contributed by atoms with Gasteiger partial charge < -0.3 is 19.5 Å². The van der Waals surface area contributed by atoms with Crippen LogP contribution in [0.5, 0.6) is 11.5 Å². The summed E-state index contributed by atoms with van der Waals surface area (Å²) in [5.74, 6) is 3.36. The third-order valence-electron chi connectivity index (χ3n) is 5.92. The highest BCUT2D eigenvalue weighted by atomic mass is 19.1. The summed E-state index contributed by atoms with van der Waals surface area (Å²) in [6.45, 7) is 4.54. The van der Waals surface area contributed by atoms with E-state index in [0.29, 0.717) is 35.5 Å². The molecule has 0 atom stereocenters. The number of anilines is 1. The van der Waals surface area contributed by atoms with Crippen LogP contribution in [-0.4, -0.2) is 51.1 Å². The van der Waals surface area contributed by atoms with Gasteiger partial charge in [-0.05, 0) is 50.2 Å². The van der Waals surface area contributed by atoms with E-state index in [0.717, 1.165) is 16.9 Å². The van der Waals surface area contributed by atoms with Gasteiger partial charge in [0.2, 0.25) is 0 Å². The van der Waals surface area contributed by atoms with Gasteiger partial charge in [0.1, 0.15) is 30.3 Å². The smallest absolute Gasteiger partial charge is 0.166 e. The fourth-order valence-electron chi connectivity index (χ4n) is 4.04. The molecule has 1 fully saturated rings. The second-order valence-corrected chi connectivity index (χ2v) is 9.49. The second-order valence-electron chi connectivity index (χ2n) is 9.49. The number of terminal acetylenes is 1. The maximum absolute atomic E-state index is 14.2. The minimum Gasteiger partial charge on any atom is -0.489 e. The number of rotatable bonds is 7. The molecular weight excluding hydrogens is 473 g/mol. The van der Waals surface area contributed by atoms with Crippen molar-refractivity contribution in [1.82, 2.24) is 14.6 Å². The molecule has 0 saturated carbocycles. The summed E-state index contributed by atoms with van der Waals surface area (Å²) in [5.41, 5.74) is 2.05. The van der Waals surface area contributed by atoms with E-state index in [1.54, 1.807) is 42.9 Å². The van der Waals surface area contributed by atoms with Crippen LogP contribution in [0.4, 0.5) is 10.2 Å². The van der Waals surface area contributed by atoms with Crippen LogP contribution in [0.3, 0.4) is 0 Å². The number of aromatic nitrogens is 3. The van der Waals surface area contributed by atoms with Gasteiger partial charge in [-0.2, -0.15) is 10.4 Å². The van der Waals surface area contributed by atoms with Crippen molar-refractivity contribution in [2.24, 2.45) is 0 Å². The number of hydrogen-bond acceptors (Lipinski definition) is 7. The van der Waals surface area contributed by atoms with Crippen molar-refractivity contribution in [3.8, 4) is 41.0 Å². The molecule has 8 nitrogen and oxygen atoms in total. The number of nitriles is 1. The Morgan fingerprint density at radius 3 is 2.68 bits per heavy atom. The third-order valence-corrected chi connectivity index (χ3v) is 5.92. The highest BCUT2D eigenvalue weighted by Gasteiger charge is 2.30. The summed E-state index contributed by atoms with van der Waals surface area (Å²) in [6, 6.07) is 12.3. The summed E-state index contributed by atoms with van der Waals surface area (Å²) in [4.78, 5) is 6.63. The van der Waals surface area contributed by atoms with Crippen LogP contribution >= 0.6 is 0 Å². The Morgan fingerprint density at radius 2 is 2.03 bits per heavy atom. The fraction of sp³-hybridized carbons (Fsp3) is 0.250. The lowest BCUT2D eigenvalue weighted by molar-refractivity contribution is 0.0283. The minimum atomic E-state index is -1.00. The predicted molar refractivity (Wildman–Crippen MR) is 136 cm³/mol. The molecule has 1 N–H and O–H groups in total. The molecule has 1 saturated heterocycles. The first-order chi connectivity index (χ1) is 17.7. The number of halogens is 1. The number of ether oxygens (including phenoxy) is 2. The monoisotopic (exact) mass is 497 g/mol. The first kappa shape index (κ1) is 24.1. The van der Waals surface area contributed by atoms with Gasteiger partial charge in [0.15, 0.2) is 11.6 Å². The molecular formula is C28H24FN5O3. The lowest BCUT2D eigenvalue weighted by atomic mass is 10.0. The summed E-state index contributed by atoms with van der Waals surface area (Å²) >= 11 is 0. The van der Waals surface area contributed by atoms with Crippen LogP contribution in [0.2, 0.25) is 0 Å². The minimum absolute atomic E-state index is 0.0949.